The highest BCUT2D eigenvalue weighted by molar-refractivity contribution is 6.09. The van der Waals surface area contributed by atoms with Gasteiger partial charge >= 0.3 is 5.97 Å². The fourth-order valence-corrected chi connectivity index (χ4v) is 6.24. The van der Waals surface area contributed by atoms with Gasteiger partial charge in [0.05, 0.1) is 18.9 Å². The number of ether oxygens (including phenoxy) is 1. The molecule has 6 nitrogen and oxygen atoms in total. The molecular formula is C26H27FN2O4. The number of amides is 2. The summed E-state index contributed by atoms with van der Waals surface area (Å²) in [4.78, 5) is 43.4. The molecule has 2 aromatic rings. The molecule has 2 amide bonds. The first-order valence-corrected chi connectivity index (χ1v) is 11.5. The molecule has 3 fully saturated rings. The van der Waals surface area contributed by atoms with Crippen LogP contribution in [0.4, 0.5) is 4.39 Å². The van der Waals surface area contributed by atoms with Gasteiger partial charge in [0.15, 0.2) is 0 Å². The first kappa shape index (κ1) is 21.8. The summed E-state index contributed by atoms with van der Waals surface area (Å²) in [5, 5.41) is 0. The molecule has 0 N–H and O–H groups in total. The molecule has 4 atom stereocenters. The van der Waals surface area contributed by atoms with E-state index in [0.717, 1.165) is 29.5 Å². The summed E-state index contributed by atoms with van der Waals surface area (Å²) in [5.74, 6) is -2.55. The highest BCUT2D eigenvalue weighted by Gasteiger charge is 2.72. The van der Waals surface area contributed by atoms with Crippen molar-refractivity contribution in [3.05, 3.63) is 59.9 Å². The maximum Gasteiger partial charge on any atom is 0.327 e. The molecule has 0 saturated carbocycles. The minimum absolute atomic E-state index is 0.210. The number of carbonyl (C=O) groups is 3. The number of rotatable bonds is 4. The second kappa shape index (κ2) is 8.06. The Morgan fingerprint density at radius 1 is 1.03 bits per heavy atom. The van der Waals surface area contributed by atoms with Crippen molar-refractivity contribution in [1.29, 1.82) is 0 Å². The molecule has 5 rings (SSSR count). The molecule has 0 bridgehead atoms. The number of piperidine rings is 1. The van der Waals surface area contributed by atoms with Gasteiger partial charge in [-0.2, -0.15) is 0 Å². The van der Waals surface area contributed by atoms with E-state index < -0.39 is 23.3 Å². The van der Waals surface area contributed by atoms with Crippen molar-refractivity contribution in [2.75, 3.05) is 20.2 Å². The molecular weight excluding hydrogens is 423 g/mol. The lowest BCUT2D eigenvalue weighted by Gasteiger charge is -2.44. The fourth-order valence-electron chi connectivity index (χ4n) is 6.24. The van der Waals surface area contributed by atoms with Crippen LogP contribution in [0.5, 0.6) is 0 Å². The normalized spacial score (nSPS) is 29.2. The molecule has 0 aliphatic carbocycles. The highest BCUT2D eigenvalue weighted by Crippen LogP contribution is 2.58. The van der Waals surface area contributed by atoms with Crippen LogP contribution < -0.4 is 0 Å². The molecule has 2 aromatic carbocycles. The summed E-state index contributed by atoms with van der Waals surface area (Å²) in [7, 11) is 1.35. The fraction of sp³-hybridized carbons (Fsp3) is 0.423. The smallest absolute Gasteiger partial charge is 0.327 e. The third kappa shape index (κ3) is 3.05. The standard InChI is InChI=1S/C26H27FN2O4/c1-3-28-23(30)20-21(24(28)31)26(25(32)33-2)14-4-5-15-29(26)22(20)18-8-6-16(7-9-18)17-10-12-19(27)13-11-17/h6-13,20-22H,3-5,14-15H2,1-2H3/t20-,21-,22-,26+/m1/s1. The Kier molecular flexibility index (Phi) is 5.32. The van der Waals surface area contributed by atoms with Crippen LogP contribution in [0.2, 0.25) is 0 Å². The number of hydrogen-bond donors (Lipinski definition) is 0. The Morgan fingerprint density at radius 3 is 2.27 bits per heavy atom. The Bertz CT molecular complexity index is 1100. The van der Waals surface area contributed by atoms with Crippen LogP contribution in [0, 0.1) is 17.7 Å². The molecule has 3 aliphatic heterocycles. The van der Waals surface area contributed by atoms with E-state index in [1.165, 1.54) is 24.1 Å². The summed E-state index contributed by atoms with van der Waals surface area (Å²) in [6, 6.07) is 13.7. The van der Waals surface area contributed by atoms with Gasteiger partial charge in [-0.3, -0.25) is 24.2 Å². The van der Waals surface area contributed by atoms with Crippen LogP contribution in [-0.4, -0.2) is 53.3 Å². The van der Waals surface area contributed by atoms with E-state index in [1.807, 2.05) is 24.3 Å². The van der Waals surface area contributed by atoms with Crippen molar-refractivity contribution in [3.8, 4) is 11.1 Å². The van der Waals surface area contributed by atoms with Crippen LogP contribution in [0.25, 0.3) is 11.1 Å². The number of nitrogens with zero attached hydrogens (tertiary/aromatic N) is 2. The predicted octanol–water partition coefficient (Wildman–Crippen LogP) is 3.57. The van der Waals surface area contributed by atoms with Gasteiger partial charge in [-0.05, 0) is 61.6 Å². The van der Waals surface area contributed by atoms with Gasteiger partial charge in [-0.25, -0.2) is 4.39 Å². The first-order chi connectivity index (χ1) is 15.9. The van der Waals surface area contributed by atoms with E-state index in [4.69, 9.17) is 4.74 Å². The van der Waals surface area contributed by atoms with E-state index >= 15 is 0 Å². The van der Waals surface area contributed by atoms with Crippen LogP contribution in [-0.2, 0) is 19.1 Å². The lowest BCUT2D eigenvalue weighted by atomic mass is 9.75. The second-order valence-electron chi connectivity index (χ2n) is 9.06. The average Bonchev–Trinajstić information content (AvgIpc) is 3.29. The molecule has 3 heterocycles. The van der Waals surface area contributed by atoms with Crippen molar-refractivity contribution in [3.63, 3.8) is 0 Å². The zero-order valence-electron chi connectivity index (χ0n) is 18.8. The summed E-state index contributed by atoms with van der Waals surface area (Å²) in [6.07, 6.45) is 2.20. The van der Waals surface area contributed by atoms with Crippen LogP contribution >= 0.6 is 0 Å². The molecule has 7 heteroatoms. The van der Waals surface area contributed by atoms with Crippen molar-refractivity contribution in [2.45, 2.75) is 37.8 Å². The maximum absolute atomic E-state index is 13.4. The Balaban J connectivity index is 1.60. The van der Waals surface area contributed by atoms with Crippen molar-refractivity contribution < 1.29 is 23.5 Å². The number of esters is 1. The van der Waals surface area contributed by atoms with Gasteiger partial charge < -0.3 is 4.74 Å². The van der Waals surface area contributed by atoms with E-state index in [2.05, 4.69) is 4.90 Å². The number of benzene rings is 2. The number of carbonyl (C=O) groups excluding carboxylic acids is 3. The summed E-state index contributed by atoms with van der Waals surface area (Å²) >= 11 is 0. The maximum atomic E-state index is 13.4. The Morgan fingerprint density at radius 2 is 1.67 bits per heavy atom. The summed E-state index contributed by atoms with van der Waals surface area (Å²) < 4.78 is 18.5. The number of halogens is 1. The minimum Gasteiger partial charge on any atom is -0.468 e. The van der Waals surface area contributed by atoms with Crippen molar-refractivity contribution >= 4 is 17.8 Å². The van der Waals surface area contributed by atoms with Crippen LogP contribution in [0.15, 0.2) is 48.5 Å². The van der Waals surface area contributed by atoms with Gasteiger partial charge in [-0.1, -0.05) is 36.4 Å². The van der Waals surface area contributed by atoms with Gasteiger partial charge in [0.1, 0.15) is 11.4 Å². The lowest BCUT2D eigenvalue weighted by molar-refractivity contribution is -0.164. The molecule has 3 aliphatic rings. The predicted molar refractivity (Wildman–Crippen MR) is 119 cm³/mol. The van der Waals surface area contributed by atoms with E-state index in [-0.39, 0.29) is 30.2 Å². The molecule has 0 spiro atoms. The zero-order chi connectivity index (χ0) is 23.3. The lowest BCUT2D eigenvalue weighted by Crippen LogP contribution is -2.59. The number of fused-ring (bicyclic) bond motifs is 3. The zero-order valence-corrected chi connectivity index (χ0v) is 18.8. The summed E-state index contributed by atoms with van der Waals surface area (Å²) in [6.45, 7) is 2.70. The van der Waals surface area contributed by atoms with Crippen molar-refractivity contribution in [1.82, 2.24) is 9.80 Å². The number of imide groups is 1. The number of methoxy groups -OCH3 is 1. The average molecular weight is 451 g/mol. The largest absolute Gasteiger partial charge is 0.468 e. The van der Waals surface area contributed by atoms with E-state index in [1.54, 1.807) is 19.1 Å². The monoisotopic (exact) mass is 450 g/mol. The Hall–Kier alpha value is -3.06. The molecule has 0 unspecified atom stereocenters. The summed E-state index contributed by atoms with van der Waals surface area (Å²) in [5.41, 5.74) is 1.59. The van der Waals surface area contributed by atoms with Crippen LogP contribution in [0.3, 0.4) is 0 Å². The highest BCUT2D eigenvalue weighted by atomic mass is 19.1. The first-order valence-electron chi connectivity index (χ1n) is 11.5. The van der Waals surface area contributed by atoms with Gasteiger partial charge in [-0.15, -0.1) is 0 Å². The number of likely N-dealkylation sites (tertiary alicyclic amines) is 1. The molecule has 3 saturated heterocycles. The van der Waals surface area contributed by atoms with Crippen molar-refractivity contribution in [2.24, 2.45) is 11.8 Å². The topological polar surface area (TPSA) is 66.9 Å². The van der Waals surface area contributed by atoms with Crippen LogP contribution in [0.1, 0.15) is 37.8 Å². The van der Waals surface area contributed by atoms with Gasteiger partial charge in [0, 0.05) is 12.6 Å². The molecule has 0 radical (unpaired) electrons. The quantitative estimate of drug-likeness (QED) is 0.526. The third-order valence-electron chi connectivity index (χ3n) is 7.64. The molecule has 33 heavy (non-hydrogen) atoms. The second-order valence-corrected chi connectivity index (χ2v) is 9.06. The molecule has 172 valence electrons. The SMILES string of the molecule is CCN1C(=O)[C@H]2[C@@H](c3ccc(-c4ccc(F)cc4)cc3)N3CCCC[C@@]3(C(=O)OC)[C@H]2C1=O. The van der Waals surface area contributed by atoms with Gasteiger partial charge in [0.2, 0.25) is 11.8 Å². The minimum atomic E-state index is -1.12. The molecule has 0 aromatic heterocycles. The number of hydrogen-bond acceptors (Lipinski definition) is 5. The van der Waals surface area contributed by atoms with E-state index in [9.17, 15) is 18.8 Å². The van der Waals surface area contributed by atoms with E-state index in [0.29, 0.717) is 13.0 Å². The van der Waals surface area contributed by atoms with Gasteiger partial charge in [0.25, 0.3) is 0 Å². The third-order valence-corrected chi connectivity index (χ3v) is 7.64. The Labute approximate surface area is 192 Å².